The van der Waals surface area contributed by atoms with Gasteiger partial charge in [-0.2, -0.15) is 0 Å². The van der Waals surface area contributed by atoms with Gasteiger partial charge in [0.05, 0.1) is 17.4 Å². The number of likely N-dealkylation sites (N-methyl/N-ethyl adjacent to an activating group) is 1. The van der Waals surface area contributed by atoms with Crippen molar-refractivity contribution < 1.29 is 27.2 Å². The number of halogens is 3. The predicted molar refractivity (Wildman–Crippen MR) is 124 cm³/mol. The number of piperidine rings is 1. The SMILES string of the molecule is Cc1occc1C(=O)N(C)C(Cc1ccccc1F)C1CCN(C(=O)c2ccc(F)cc2F)CC1. The highest BCUT2D eigenvalue weighted by Crippen LogP contribution is 2.29. The first kappa shape index (κ1) is 24.6. The molecule has 1 fully saturated rings. The van der Waals surface area contributed by atoms with E-state index in [2.05, 4.69) is 0 Å². The van der Waals surface area contributed by atoms with Crippen LogP contribution in [0.3, 0.4) is 0 Å². The van der Waals surface area contributed by atoms with E-state index in [1.165, 1.54) is 17.2 Å². The molecule has 2 aromatic carbocycles. The highest BCUT2D eigenvalue weighted by molar-refractivity contribution is 5.95. The summed E-state index contributed by atoms with van der Waals surface area (Å²) in [7, 11) is 1.70. The Morgan fingerprint density at radius 2 is 1.74 bits per heavy atom. The van der Waals surface area contributed by atoms with Gasteiger partial charge >= 0.3 is 0 Å². The summed E-state index contributed by atoms with van der Waals surface area (Å²) in [6.07, 6.45) is 2.88. The molecule has 2 amide bonds. The third-order valence-corrected chi connectivity index (χ3v) is 6.83. The molecule has 2 heterocycles. The number of hydrogen-bond acceptors (Lipinski definition) is 3. The van der Waals surface area contributed by atoms with Gasteiger partial charge in [-0.15, -0.1) is 0 Å². The second kappa shape index (κ2) is 10.4. The number of benzene rings is 2. The van der Waals surface area contributed by atoms with Crippen molar-refractivity contribution in [3.63, 3.8) is 0 Å². The molecule has 0 saturated carbocycles. The van der Waals surface area contributed by atoms with Gasteiger partial charge in [0.1, 0.15) is 23.2 Å². The van der Waals surface area contributed by atoms with Crippen molar-refractivity contribution in [1.82, 2.24) is 9.80 Å². The number of hydrogen-bond donors (Lipinski definition) is 0. The van der Waals surface area contributed by atoms with E-state index in [1.54, 1.807) is 43.1 Å². The Kier molecular flexibility index (Phi) is 7.28. The van der Waals surface area contributed by atoms with Gasteiger partial charge in [0.2, 0.25) is 0 Å². The monoisotopic (exact) mass is 484 g/mol. The minimum atomic E-state index is -0.893. The molecule has 1 aliphatic heterocycles. The normalized spacial score (nSPS) is 15.2. The Hall–Kier alpha value is -3.55. The van der Waals surface area contributed by atoms with E-state index in [0.29, 0.717) is 55.3 Å². The number of furan rings is 1. The Morgan fingerprint density at radius 3 is 2.37 bits per heavy atom. The average Bonchev–Trinajstić information content (AvgIpc) is 3.28. The molecule has 1 unspecified atom stereocenters. The summed E-state index contributed by atoms with van der Waals surface area (Å²) in [5.41, 5.74) is 0.786. The van der Waals surface area contributed by atoms with E-state index in [0.717, 1.165) is 12.1 Å². The van der Waals surface area contributed by atoms with Gasteiger partial charge in [0.25, 0.3) is 11.8 Å². The molecule has 3 aromatic rings. The fourth-order valence-corrected chi connectivity index (χ4v) is 4.78. The Labute approximate surface area is 202 Å². The van der Waals surface area contributed by atoms with Crippen LogP contribution in [0.5, 0.6) is 0 Å². The van der Waals surface area contributed by atoms with Crippen LogP contribution in [0.25, 0.3) is 0 Å². The van der Waals surface area contributed by atoms with Crippen LogP contribution in [0, 0.1) is 30.3 Å². The molecule has 0 radical (unpaired) electrons. The van der Waals surface area contributed by atoms with Crippen LogP contribution in [-0.2, 0) is 6.42 Å². The van der Waals surface area contributed by atoms with Gasteiger partial charge in [0.15, 0.2) is 0 Å². The van der Waals surface area contributed by atoms with Crippen LogP contribution in [0.2, 0.25) is 0 Å². The van der Waals surface area contributed by atoms with Crippen LogP contribution in [0.4, 0.5) is 13.2 Å². The molecule has 1 aliphatic rings. The van der Waals surface area contributed by atoms with Gasteiger partial charge in [-0.1, -0.05) is 18.2 Å². The molecule has 184 valence electrons. The molecule has 0 aliphatic carbocycles. The lowest BCUT2D eigenvalue weighted by atomic mass is 9.84. The molecule has 1 atom stereocenters. The maximum Gasteiger partial charge on any atom is 0.257 e. The van der Waals surface area contributed by atoms with Crippen molar-refractivity contribution >= 4 is 11.8 Å². The smallest absolute Gasteiger partial charge is 0.257 e. The number of likely N-dealkylation sites (tertiary alicyclic amines) is 1. The van der Waals surface area contributed by atoms with E-state index in [1.807, 2.05) is 0 Å². The van der Waals surface area contributed by atoms with E-state index in [9.17, 15) is 22.8 Å². The quantitative estimate of drug-likeness (QED) is 0.481. The molecular weight excluding hydrogens is 457 g/mol. The first-order chi connectivity index (χ1) is 16.8. The largest absolute Gasteiger partial charge is 0.469 e. The summed E-state index contributed by atoms with van der Waals surface area (Å²) < 4.78 is 47.2. The Bertz CT molecular complexity index is 1220. The van der Waals surface area contributed by atoms with Crippen LogP contribution < -0.4 is 0 Å². The highest BCUT2D eigenvalue weighted by Gasteiger charge is 2.34. The van der Waals surface area contributed by atoms with Crippen molar-refractivity contribution in [3.05, 3.63) is 94.7 Å². The fraction of sp³-hybridized carbons (Fsp3) is 0.333. The number of carbonyl (C=O) groups is 2. The lowest BCUT2D eigenvalue weighted by molar-refractivity contribution is 0.0518. The summed E-state index contributed by atoms with van der Waals surface area (Å²) in [5, 5.41) is 0. The molecule has 8 heteroatoms. The Balaban J connectivity index is 1.53. The van der Waals surface area contributed by atoms with E-state index in [4.69, 9.17) is 4.42 Å². The zero-order chi connectivity index (χ0) is 25.1. The van der Waals surface area contributed by atoms with E-state index >= 15 is 0 Å². The second-order valence-electron chi connectivity index (χ2n) is 8.92. The standard InChI is InChI=1S/C27H27F3N2O3/c1-17-21(11-14-35-17)26(33)31(2)25(15-19-5-3-4-6-23(19)29)18-9-12-32(13-10-18)27(34)22-8-7-20(28)16-24(22)30/h3-8,11,14,16,18,25H,9-10,12-13,15H2,1-2H3. The lowest BCUT2D eigenvalue weighted by Gasteiger charge is -2.40. The number of amides is 2. The minimum absolute atomic E-state index is 0.0159. The van der Waals surface area contributed by atoms with Crippen LogP contribution in [-0.4, -0.2) is 47.8 Å². The summed E-state index contributed by atoms with van der Waals surface area (Å²) in [5.74, 6) is -2.19. The summed E-state index contributed by atoms with van der Waals surface area (Å²) in [6.45, 7) is 2.41. The Morgan fingerprint density at radius 1 is 1.03 bits per heavy atom. The summed E-state index contributed by atoms with van der Waals surface area (Å²) in [4.78, 5) is 29.2. The molecule has 1 aromatic heterocycles. The predicted octanol–water partition coefficient (Wildman–Crippen LogP) is 5.24. The van der Waals surface area contributed by atoms with Crippen molar-refractivity contribution in [2.24, 2.45) is 5.92 Å². The van der Waals surface area contributed by atoms with Gasteiger partial charge in [-0.25, -0.2) is 13.2 Å². The first-order valence-corrected chi connectivity index (χ1v) is 11.5. The number of aryl methyl sites for hydroxylation is 1. The van der Waals surface area contributed by atoms with E-state index in [-0.39, 0.29) is 29.2 Å². The minimum Gasteiger partial charge on any atom is -0.469 e. The van der Waals surface area contributed by atoms with Gasteiger partial charge < -0.3 is 14.2 Å². The number of nitrogens with zero attached hydrogens (tertiary/aromatic N) is 2. The molecule has 0 spiro atoms. The van der Waals surface area contributed by atoms with Crippen LogP contribution in [0.15, 0.2) is 59.2 Å². The van der Waals surface area contributed by atoms with Crippen molar-refractivity contribution in [2.45, 2.75) is 32.2 Å². The molecule has 1 saturated heterocycles. The third-order valence-electron chi connectivity index (χ3n) is 6.83. The van der Waals surface area contributed by atoms with Crippen LogP contribution >= 0.6 is 0 Å². The number of carbonyl (C=O) groups excluding carboxylic acids is 2. The maximum absolute atomic E-state index is 14.5. The topological polar surface area (TPSA) is 53.8 Å². The molecule has 0 N–H and O–H groups in total. The van der Waals surface area contributed by atoms with Crippen molar-refractivity contribution in [3.8, 4) is 0 Å². The molecular formula is C27H27F3N2O3. The van der Waals surface area contributed by atoms with Gasteiger partial charge in [0, 0.05) is 32.2 Å². The molecule has 0 bridgehead atoms. The highest BCUT2D eigenvalue weighted by atomic mass is 19.1. The number of rotatable bonds is 6. The van der Waals surface area contributed by atoms with Gasteiger partial charge in [-0.05, 0) is 61.9 Å². The van der Waals surface area contributed by atoms with Crippen molar-refractivity contribution in [2.75, 3.05) is 20.1 Å². The lowest BCUT2D eigenvalue weighted by Crippen LogP contribution is -2.48. The average molecular weight is 485 g/mol. The maximum atomic E-state index is 14.5. The van der Waals surface area contributed by atoms with Gasteiger partial charge in [-0.3, -0.25) is 9.59 Å². The summed E-state index contributed by atoms with van der Waals surface area (Å²) in [6, 6.07) is 10.7. The summed E-state index contributed by atoms with van der Waals surface area (Å²) >= 11 is 0. The molecule has 4 rings (SSSR count). The molecule has 35 heavy (non-hydrogen) atoms. The van der Waals surface area contributed by atoms with Crippen LogP contribution in [0.1, 0.15) is 44.9 Å². The zero-order valence-electron chi connectivity index (χ0n) is 19.6. The molecule has 5 nitrogen and oxygen atoms in total. The fourth-order valence-electron chi connectivity index (χ4n) is 4.78. The third kappa shape index (κ3) is 5.26. The first-order valence-electron chi connectivity index (χ1n) is 11.5. The zero-order valence-corrected chi connectivity index (χ0v) is 19.6. The van der Waals surface area contributed by atoms with E-state index < -0.39 is 17.5 Å². The van der Waals surface area contributed by atoms with Crippen molar-refractivity contribution in [1.29, 1.82) is 0 Å². The second-order valence-corrected chi connectivity index (χ2v) is 8.92.